The van der Waals surface area contributed by atoms with Gasteiger partial charge >= 0.3 is 6.61 Å². The van der Waals surface area contributed by atoms with Crippen LogP contribution in [0.25, 0.3) is 0 Å². The molecule has 0 atom stereocenters. The number of ether oxygens (including phenoxy) is 1. The van der Waals surface area contributed by atoms with E-state index in [-0.39, 0.29) is 10.8 Å². The predicted molar refractivity (Wildman–Crippen MR) is 77.8 cm³/mol. The first-order valence-electron chi connectivity index (χ1n) is 7.16. The van der Waals surface area contributed by atoms with E-state index in [4.69, 9.17) is 11.6 Å². The minimum atomic E-state index is -2.85. The van der Waals surface area contributed by atoms with Crippen molar-refractivity contribution in [2.45, 2.75) is 57.6 Å². The zero-order valence-electron chi connectivity index (χ0n) is 11.4. The SMILES string of the molecule is FC(F)Oc1ccc(NC2CCCCCCC2)cc1Cl. The third kappa shape index (κ3) is 4.82. The first kappa shape index (κ1) is 15.4. The molecule has 1 fully saturated rings. The number of anilines is 1. The summed E-state index contributed by atoms with van der Waals surface area (Å²) in [6, 6.07) is 5.31. The minimum Gasteiger partial charge on any atom is -0.433 e. The largest absolute Gasteiger partial charge is 0.433 e. The molecule has 112 valence electrons. The van der Waals surface area contributed by atoms with Crippen LogP contribution in [0.5, 0.6) is 5.75 Å². The lowest BCUT2D eigenvalue weighted by Gasteiger charge is -2.22. The maximum atomic E-state index is 12.2. The van der Waals surface area contributed by atoms with Crippen LogP contribution < -0.4 is 10.1 Å². The highest BCUT2D eigenvalue weighted by atomic mass is 35.5. The zero-order chi connectivity index (χ0) is 14.4. The topological polar surface area (TPSA) is 21.3 Å². The highest BCUT2D eigenvalue weighted by Gasteiger charge is 2.13. The van der Waals surface area contributed by atoms with Crippen LogP contribution >= 0.6 is 11.6 Å². The van der Waals surface area contributed by atoms with Gasteiger partial charge in [0.05, 0.1) is 5.02 Å². The molecule has 1 saturated carbocycles. The molecule has 0 saturated heterocycles. The molecule has 20 heavy (non-hydrogen) atoms. The third-order valence-electron chi connectivity index (χ3n) is 3.62. The summed E-state index contributed by atoms with van der Waals surface area (Å²) < 4.78 is 28.7. The van der Waals surface area contributed by atoms with Crippen molar-refractivity contribution in [1.29, 1.82) is 0 Å². The lowest BCUT2D eigenvalue weighted by Crippen LogP contribution is -2.20. The number of hydrogen-bond donors (Lipinski definition) is 1. The van der Waals surface area contributed by atoms with Crippen LogP contribution in [-0.2, 0) is 0 Å². The second-order valence-electron chi connectivity index (χ2n) is 5.21. The maximum Gasteiger partial charge on any atom is 0.387 e. The Labute approximate surface area is 123 Å². The lowest BCUT2D eigenvalue weighted by molar-refractivity contribution is -0.0497. The Morgan fingerprint density at radius 3 is 2.35 bits per heavy atom. The molecule has 0 heterocycles. The number of alkyl halides is 2. The van der Waals surface area contributed by atoms with Gasteiger partial charge in [-0.1, -0.05) is 43.7 Å². The highest BCUT2D eigenvalue weighted by Crippen LogP contribution is 2.30. The van der Waals surface area contributed by atoms with E-state index < -0.39 is 6.61 Å². The highest BCUT2D eigenvalue weighted by molar-refractivity contribution is 6.32. The van der Waals surface area contributed by atoms with E-state index in [0.29, 0.717) is 6.04 Å². The molecular weight excluding hydrogens is 284 g/mol. The Morgan fingerprint density at radius 1 is 1.10 bits per heavy atom. The van der Waals surface area contributed by atoms with Gasteiger partial charge in [0.25, 0.3) is 0 Å². The van der Waals surface area contributed by atoms with Crippen molar-refractivity contribution in [1.82, 2.24) is 0 Å². The number of rotatable bonds is 4. The fraction of sp³-hybridized carbons (Fsp3) is 0.600. The minimum absolute atomic E-state index is 0.0184. The quantitative estimate of drug-likeness (QED) is 0.796. The Balaban J connectivity index is 1.96. The van der Waals surface area contributed by atoms with Gasteiger partial charge in [-0.25, -0.2) is 0 Å². The zero-order valence-corrected chi connectivity index (χ0v) is 12.1. The van der Waals surface area contributed by atoms with Crippen molar-refractivity contribution in [3.63, 3.8) is 0 Å². The molecule has 1 aromatic rings. The van der Waals surface area contributed by atoms with E-state index in [2.05, 4.69) is 10.1 Å². The summed E-state index contributed by atoms with van der Waals surface area (Å²) >= 11 is 5.95. The molecule has 0 unspecified atom stereocenters. The number of halogens is 3. The summed E-state index contributed by atoms with van der Waals surface area (Å²) in [5, 5.41) is 3.65. The molecule has 1 aliphatic carbocycles. The smallest absolute Gasteiger partial charge is 0.387 e. The fourth-order valence-corrected chi connectivity index (χ4v) is 2.84. The number of hydrogen-bond acceptors (Lipinski definition) is 2. The average molecular weight is 304 g/mol. The first-order chi connectivity index (χ1) is 9.65. The van der Waals surface area contributed by atoms with Crippen LogP contribution in [-0.4, -0.2) is 12.7 Å². The van der Waals surface area contributed by atoms with Crippen LogP contribution in [0.3, 0.4) is 0 Å². The van der Waals surface area contributed by atoms with Gasteiger partial charge in [-0.05, 0) is 31.0 Å². The van der Waals surface area contributed by atoms with Crippen molar-refractivity contribution in [2.24, 2.45) is 0 Å². The van der Waals surface area contributed by atoms with Gasteiger partial charge < -0.3 is 10.1 Å². The van der Waals surface area contributed by atoms with E-state index in [1.165, 1.54) is 38.2 Å². The predicted octanol–water partition coefficient (Wildman–Crippen LogP) is 5.47. The van der Waals surface area contributed by atoms with Crippen molar-refractivity contribution >= 4 is 17.3 Å². The van der Waals surface area contributed by atoms with Gasteiger partial charge in [-0.2, -0.15) is 8.78 Å². The van der Waals surface area contributed by atoms with Crippen molar-refractivity contribution in [3.8, 4) is 5.75 Å². The lowest BCUT2D eigenvalue weighted by atomic mass is 9.96. The van der Waals surface area contributed by atoms with E-state index in [1.54, 1.807) is 12.1 Å². The molecule has 1 N–H and O–H groups in total. The molecule has 5 heteroatoms. The number of nitrogens with one attached hydrogen (secondary N) is 1. The van der Waals surface area contributed by atoms with Gasteiger partial charge in [-0.3, -0.25) is 0 Å². The molecule has 0 aromatic heterocycles. The molecule has 2 nitrogen and oxygen atoms in total. The summed E-state index contributed by atoms with van der Waals surface area (Å²) in [6.07, 6.45) is 8.67. The summed E-state index contributed by atoms with van der Waals surface area (Å²) in [5.41, 5.74) is 0.863. The maximum absolute atomic E-state index is 12.2. The Bertz CT molecular complexity index is 420. The van der Waals surface area contributed by atoms with E-state index in [1.807, 2.05) is 0 Å². The van der Waals surface area contributed by atoms with Gasteiger partial charge in [0.2, 0.25) is 0 Å². The average Bonchev–Trinajstić information content (AvgIpc) is 2.35. The molecule has 0 spiro atoms. The summed E-state index contributed by atoms with van der Waals surface area (Å²) in [4.78, 5) is 0. The van der Waals surface area contributed by atoms with Gasteiger partial charge in [-0.15, -0.1) is 0 Å². The molecule has 0 radical (unpaired) electrons. The molecular formula is C15H20ClF2NO. The van der Waals surface area contributed by atoms with Gasteiger partial charge in [0, 0.05) is 11.7 Å². The van der Waals surface area contributed by atoms with Gasteiger partial charge in [0.1, 0.15) is 5.75 Å². The van der Waals surface area contributed by atoms with Crippen molar-refractivity contribution < 1.29 is 13.5 Å². The van der Waals surface area contributed by atoms with E-state index in [9.17, 15) is 8.78 Å². The molecule has 1 aliphatic rings. The summed E-state index contributed by atoms with van der Waals surface area (Å²) in [7, 11) is 0. The van der Waals surface area contributed by atoms with Crippen LogP contribution in [0.2, 0.25) is 5.02 Å². The van der Waals surface area contributed by atoms with Crippen LogP contribution in [0.1, 0.15) is 44.9 Å². The normalized spacial score (nSPS) is 17.6. The molecule has 0 bridgehead atoms. The van der Waals surface area contributed by atoms with Crippen LogP contribution in [0, 0.1) is 0 Å². The Morgan fingerprint density at radius 2 is 1.75 bits per heavy atom. The van der Waals surface area contributed by atoms with Crippen LogP contribution in [0.15, 0.2) is 18.2 Å². The van der Waals surface area contributed by atoms with Crippen molar-refractivity contribution in [3.05, 3.63) is 23.2 Å². The van der Waals surface area contributed by atoms with E-state index >= 15 is 0 Å². The summed E-state index contributed by atoms with van der Waals surface area (Å²) in [6.45, 7) is -2.85. The first-order valence-corrected chi connectivity index (χ1v) is 7.54. The third-order valence-corrected chi connectivity index (χ3v) is 3.92. The molecule has 2 rings (SSSR count). The van der Waals surface area contributed by atoms with E-state index in [0.717, 1.165) is 18.5 Å². The molecule has 1 aromatic carbocycles. The monoisotopic (exact) mass is 303 g/mol. The standard InChI is InChI=1S/C15H20ClF2NO/c16-13-10-12(8-9-14(13)20-15(17)18)19-11-6-4-2-1-3-5-7-11/h8-11,15,19H,1-7H2. The second-order valence-corrected chi connectivity index (χ2v) is 5.62. The molecule has 0 aliphatic heterocycles. The summed E-state index contributed by atoms with van der Waals surface area (Å²) in [5.74, 6) is 0.0184. The Kier molecular flexibility index (Phi) is 5.89. The molecule has 0 amide bonds. The van der Waals surface area contributed by atoms with Crippen LogP contribution in [0.4, 0.5) is 14.5 Å². The fourth-order valence-electron chi connectivity index (χ4n) is 2.62. The number of benzene rings is 1. The van der Waals surface area contributed by atoms with Crippen molar-refractivity contribution in [2.75, 3.05) is 5.32 Å². The van der Waals surface area contributed by atoms with Gasteiger partial charge in [0.15, 0.2) is 0 Å². The second kappa shape index (κ2) is 7.67. The Hall–Kier alpha value is -1.03.